The van der Waals surface area contributed by atoms with E-state index in [0.717, 1.165) is 49.4 Å². The predicted octanol–water partition coefficient (Wildman–Crippen LogP) is 2.34. The molecule has 0 spiro atoms. The number of likely N-dealkylation sites (N-methyl/N-ethyl adjacent to an activating group) is 1. The van der Waals surface area contributed by atoms with Crippen LogP contribution in [0.3, 0.4) is 0 Å². The zero-order valence-electron chi connectivity index (χ0n) is 15.5. The van der Waals surface area contributed by atoms with Crippen molar-refractivity contribution in [1.82, 2.24) is 15.1 Å². The number of carbonyl (C=O) groups excluding carboxylic acids is 1. The van der Waals surface area contributed by atoms with E-state index in [1.54, 1.807) is 6.07 Å². The third-order valence-electron chi connectivity index (χ3n) is 4.96. The van der Waals surface area contributed by atoms with Crippen LogP contribution in [0.25, 0.3) is 11.1 Å². The Kier molecular flexibility index (Phi) is 5.91. The lowest BCUT2D eigenvalue weighted by molar-refractivity contribution is 0.0941. The van der Waals surface area contributed by atoms with Crippen LogP contribution in [0.4, 0.5) is 0 Å². The highest BCUT2D eigenvalue weighted by atomic mass is 16.3. The fourth-order valence-corrected chi connectivity index (χ4v) is 3.18. The van der Waals surface area contributed by atoms with Gasteiger partial charge in [0.25, 0.3) is 5.91 Å². The Morgan fingerprint density at radius 3 is 2.54 bits per heavy atom. The van der Waals surface area contributed by atoms with Crippen LogP contribution in [0.1, 0.15) is 15.9 Å². The van der Waals surface area contributed by atoms with Crippen LogP contribution in [-0.4, -0.2) is 67.1 Å². The molecule has 0 aliphatic carbocycles. The highest BCUT2D eigenvalue weighted by molar-refractivity contribution is 5.95. The summed E-state index contributed by atoms with van der Waals surface area (Å²) < 4.78 is 0. The molecule has 0 atom stereocenters. The van der Waals surface area contributed by atoms with E-state index in [4.69, 9.17) is 0 Å². The minimum absolute atomic E-state index is 0.0449. The molecular formula is C21H27N3O2. The molecule has 0 bridgehead atoms. The first-order valence-electron chi connectivity index (χ1n) is 9.12. The number of nitrogens with zero attached hydrogens (tertiary/aromatic N) is 2. The van der Waals surface area contributed by atoms with Gasteiger partial charge in [-0.3, -0.25) is 9.69 Å². The van der Waals surface area contributed by atoms with E-state index in [1.165, 1.54) is 0 Å². The molecule has 138 valence electrons. The average molecular weight is 353 g/mol. The van der Waals surface area contributed by atoms with Crippen molar-refractivity contribution < 1.29 is 9.90 Å². The standard InChI is InChI=1S/C21H27N3O2/c1-16-14-18(6-7-20(16)25)17-4-3-5-19(15-17)21(26)22-8-9-24-12-10-23(2)11-13-24/h3-7,14-15,25H,8-13H2,1-2H3,(H,22,26). The van der Waals surface area contributed by atoms with Gasteiger partial charge in [-0.25, -0.2) is 0 Å². The number of phenolic OH excluding ortho intramolecular Hbond substituents is 1. The minimum atomic E-state index is -0.0449. The summed E-state index contributed by atoms with van der Waals surface area (Å²) in [4.78, 5) is 17.2. The number of aryl methyl sites for hydroxylation is 1. The van der Waals surface area contributed by atoms with Crippen LogP contribution < -0.4 is 5.32 Å². The number of piperazine rings is 1. The summed E-state index contributed by atoms with van der Waals surface area (Å²) in [6.45, 7) is 7.70. The quantitative estimate of drug-likeness (QED) is 0.866. The second kappa shape index (κ2) is 8.34. The molecular weight excluding hydrogens is 326 g/mol. The lowest BCUT2D eigenvalue weighted by Gasteiger charge is -2.32. The summed E-state index contributed by atoms with van der Waals surface area (Å²) in [5.74, 6) is 0.239. The topological polar surface area (TPSA) is 55.8 Å². The molecule has 5 heteroatoms. The fraction of sp³-hybridized carbons (Fsp3) is 0.381. The van der Waals surface area contributed by atoms with Gasteiger partial charge in [0.1, 0.15) is 5.75 Å². The Balaban J connectivity index is 1.58. The molecule has 2 aromatic rings. The van der Waals surface area contributed by atoms with Gasteiger partial charge in [0.2, 0.25) is 0 Å². The molecule has 0 aromatic heterocycles. The van der Waals surface area contributed by atoms with Gasteiger partial charge in [-0.2, -0.15) is 0 Å². The number of amides is 1. The Morgan fingerprint density at radius 2 is 1.81 bits per heavy atom. The van der Waals surface area contributed by atoms with Gasteiger partial charge in [0, 0.05) is 44.8 Å². The number of aromatic hydroxyl groups is 1. The highest BCUT2D eigenvalue weighted by Crippen LogP contribution is 2.25. The Morgan fingerprint density at radius 1 is 1.08 bits per heavy atom. The van der Waals surface area contributed by atoms with Gasteiger partial charge in [-0.05, 0) is 54.9 Å². The van der Waals surface area contributed by atoms with Crippen molar-refractivity contribution >= 4 is 5.91 Å². The highest BCUT2D eigenvalue weighted by Gasteiger charge is 2.14. The summed E-state index contributed by atoms with van der Waals surface area (Å²) in [5.41, 5.74) is 3.45. The SMILES string of the molecule is Cc1cc(-c2cccc(C(=O)NCCN3CCN(C)CC3)c2)ccc1O. The van der Waals surface area contributed by atoms with Crippen molar-refractivity contribution in [3.05, 3.63) is 53.6 Å². The maximum absolute atomic E-state index is 12.5. The van der Waals surface area contributed by atoms with Crippen LogP contribution in [0, 0.1) is 6.92 Å². The molecule has 1 heterocycles. The first-order valence-corrected chi connectivity index (χ1v) is 9.12. The molecule has 0 unspecified atom stereocenters. The molecule has 1 amide bonds. The van der Waals surface area contributed by atoms with Gasteiger partial charge in [-0.1, -0.05) is 18.2 Å². The average Bonchev–Trinajstić information content (AvgIpc) is 2.65. The maximum atomic E-state index is 12.5. The third-order valence-corrected chi connectivity index (χ3v) is 4.96. The van der Waals surface area contributed by atoms with Crippen molar-refractivity contribution in [2.75, 3.05) is 46.3 Å². The monoisotopic (exact) mass is 353 g/mol. The minimum Gasteiger partial charge on any atom is -0.508 e. The fourth-order valence-electron chi connectivity index (χ4n) is 3.18. The Labute approximate surface area is 155 Å². The van der Waals surface area contributed by atoms with Gasteiger partial charge < -0.3 is 15.3 Å². The zero-order valence-corrected chi connectivity index (χ0v) is 15.5. The Bertz CT molecular complexity index is 768. The summed E-state index contributed by atoms with van der Waals surface area (Å²) in [5, 5.41) is 12.7. The molecule has 2 N–H and O–H groups in total. The lowest BCUT2D eigenvalue weighted by Crippen LogP contribution is -2.46. The van der Waals surface area contributed by atoms with E-state index in [1.807, 2.05) is 43.3 Å². The number of benzene rings is 2. The van der Waals surface area contributed by atoms with E-state index in [9.17, 15) is 9.90 Å². The van der Waals surface area contributed by atoms with Gasteiger partial charge in [-0.15, -0.1) is 0 Å². The second-order valence-electron chi connectivity index (χ2n) is 6.98. The van der Waals surface area contributed by atoms with E-state index in [0.29, 0.717) is 12.1 Å². The molecule has 2 aromatic carbocycles. The normalized spacial score (nSPS) is 15.8. The molecule has 0 radical (unpaired) electrons. The molecule has 1 fully saturated rings. The van der Waals surface area contributed by atoms with E-state index in [2.05, 4.69) is 22.2 Å². The molecule has 1 aliphatic heterocycles. The predicted molar refractivity (Wildman–Crippen MR) is 105 cm³/mol. The maximum Gasteiger partial charge on any atom is 0.251 e. The number of phenols is 1. The molecule has 26 heavy (non-hydrogen) atoms. The summed E-state index contributed by atoms with van der Waals surface area (Å²) >= 11 is 0. The number of rotatable bonds is 5. The number of hydrogen-bond acceptors (Lipinski definition) is 4. The van der Waals surface area contributed by atoms with Crippen molar-refractivity contribution in [2.24, 2.45) is 0 Å². The van der Waals surface area contributed by atoms with Crippen molar-refractivity contribution in [3.8, 4) is 16.9 Å². The number of nitrogens with one attached hydrogen (secondary N) is 1. The Hall–Kier alpha value is -2.37. The molecule has 5 nitrogen and oxygen atoms in total. The molecule has 1 aliphatic rings. The van der Waals surface area contributed by atoms with Crippen molar-refractivity contribution in [1.29, 1.82) is 0 Å². The van der Waals surface area contributed by atoms with Crippen LogP contribution >= 0.6 is 0 Å². The van der Waals surface area contributed by atoms with Crippen LogP contribution in [0.5, 0.6) is 5.75 Å². The van der Waals surface area contributed by atoms with Crippen LogP contribution in [0.2, 0.25) is 0 Å². The van der Waals surface area contributed by atoms with Gasteiger partial charge in [0.05, 0.1) is 0 Å². The lowest BCUT2D eigenvalue weighted by atomic mass is 10.0. The zero-order chi connectivity index (χ0) is 18.5. The molecule has 0 saturated carbocycles. The van der Waals surface area contributed by atoms with Crippen LogP contribution in [-0.2, 0) is 0 Å². The van der Waals surface area contributed by atoms with Crippen molar-refractivity contribution in [2.45, 2.75) is 6.92 Å². The first-order chi connectivity index (χ1) is 12.5. The number of carbonyl (C=O) groups is 1. The van der Waals surface area contributed by atoms with E-state index < -0.39 is 0 Å². The smallest absolute Gasteiger partial charge is 0.251 e. The third kappa shape index (κ3) is 4.62. The largest absolute Gasteiger partial charge is 0.508 e. The van der Waals surface area contributed by atoms with Crippen molar-refractivity contribution in [3.63, 3.8) is 0 Å². The molecule has 3 rings (SSSR count). The van der Waals surface area contributed by atoms with Crippen LogP contribution in [0.15, 0.2) is 42.5 Å². The summed E-state index contributed by atoms with van der Waals surface area (Å²) in [7, 11) is 2.14. The molecule has 1 saturated heterocycles. The summed E-state index contributed by atoms with van der Waals surface area (Å²) in [6, 6.07) is 13.1. The first kappa shape index (κ1) is 18.4. The number of hydrogen-bond donors (Lipinski definition) is 2. The second-order valence-corrected chi connectivity index (χ2v) is 6.98. The summed E-state index contributed by atoms with van der Waals surface area (Å²) in [6.07, 6.45) is 0. The van der Waals surface area contributed by atoms with E-state index >= 15 is 0 Å². The van der Waals surface area contributed by atoms with Gasteiger partial charge >= 0.3 is 0 Å². The van der Waals surface area contributed by atoms with E-state index in [-0.39, 0.29) is 11.7 Å². The van der Waals surface area contributed by atoms with Gasteiger partial charge in [0.15, 0.2) is 0 Å².